The first-order chi connectivity index (χ1) is 12.1. The number of hydrogen-bond acceptors (Lipinski definition) is 4. The zero-order valence-corrected chi connectivity index (χ0v) is 15.1. The predicted octanol–water partition coefficient (Wildman–Crippen LogP) is 3.58. The standard InChI is InChI=1S/C20H28N2O3/c1-16(2)25-20(23)22-11-8-17-14-19(7-6-18(17)15-22)24-13-12-21-9-4-3-5-10-21/h6-7,14H,1,3-5,8-13,15H2,2H3. The van der Waals surface area contributed by atoms with E-state index in [0.717, 1.165) is 30.9 Å². The van der Waals surface area contributed by atoms with Crippen LogP contribution >= 0.6 is 0 Å². The summed E-state index contributed by atoms with van der Waals surface area (Å²) in [4.78, 5) is 16.2. The van der Waals surface area contributed by atoms with Gasteiger partial charge in [-0.1, -0.05) is 19.1 Å². The van der Waals surface area contributed by atoms with Crippen LogP contribution in [0.3, 0.4) is 0 Å². The maximum absolute atomic E-state index is 12.0. The highest BCUT2D eigenvalue weighted by Gasteiger charge is 2.22. The molecule has 0 atom stereocenters. The Bertz CT molecular complexity index is 623. The number of likely N-dealkylation sites (tertiary alicyclic amines) is 1. The maximum Gasteiger partial charge on any atom is 0.415 e. The molecular formula is C20H28N2O3. The van der Waals surface area contributed by atoms with Crippen LogP contribution in [-0.4, -0.2) is 48.7 Å². The van der Waals surface area contributed by atoms with Crippen LogP contribution in [-0.2, 0) is 17.7 Å². The second-order valence-electron chi connectivity index (χ2n) is 6.92. The van der Waals surface area contributed by atoms with Crippen LogP contribution in [0.1, 0.15) is 37.3 Å². The quantitative estimate of drug-likeness (QED) is 0.766. The van der Waals surface area contributed by atoms with Crippen molar-refractivity contribution < 1.29 is 14.3 Å². The van der Waals surface area contributed by atoms with Gasteiger partial charge in [-0.2, -0.15) is 0 Å². The van der Waals surface area contributed by atoms with Crippen LogP contribution in [0.15, 0.2) is 30.5 Å². The third-order valence-electron chi connectivity index (χ3n) is 4.83. The van der Waals surface area contributed by atoms with Gasteiger partial charge in [0, 0.05) is 19.6 Å². The third kappa shape index (κ3) is 4.98. The van der Waals surface area contributed by atoms with E-state index in [2.05, 4.69) is 23.6 Å². The lowest BCUT2D eigenvalue weighted by molar-refractivity contribution is 0.124. The number of benzene rings is 1. The number of fused-ring (bicyclic) bond motifs is 1. The van der Waals surface area contributed by atoms with Gasteiger partial charge >= 0.3 is 6.09 Å². The Kier molecular flexibility index (Phi) is 5.97. The number of rotatable bonds is 5. The van der Waals surface area contributed by atoms with E-state index in [1.807, 2.05) is 6.07 Å². The van der Waals surface area contributed by atoms with Crippen LogP contribution in [0.2, 0.25) is 0 Å². The van der Waals surface area contributed by atoms with Crippen LogP contribution < -0.4 is 4.74 Å². The molecule has 0 aromatic heterocycles. The second kappa shape index (κ2) is 8.39. The molecule has 0 N–H and O–H groups in total. The molecule has 2 heterocycles. The van der Waals surface area contributed by atoms with Crippen LogP contribution in [0.5, 0.6) is 5.75 Å². The molecule has 136 valence electrons. The van der Waals surface area contributed by atoms with Crippen molar-refractivity contribution in [2.24, 2.45) is 0 Å². The summed E-state index contributed by atoms with van der Waals surface area (Å²) in [6.45, 7) is 10.7. The second-order valence-corrected chi connectivity index (χ2v) is 6.92. The van der Waals surface area contributed by atoms with E-state index in [4.69, 9.17) is 9.47 Å². The van der Waals surface area contributed by atoms with Gasteiger partial charge in [-0.05, 0) is 62.5 Å². The van der Waals surface area contributed by atoms with E-state index in [-0.39, 0.29) is 6.09 Å². The summed E-state index contributed by atoms with van der Waals surface area (Å²) in [6, 6.07) is 6.18. The number of carbonyl (C=O) groups is 1. The molecule has 3 rings (SSSR count). The number of allylic oxidation sites excluding steroid dienone is 1. The monoisotopic (exact) mass is 344 g/mol. The Balaban J connectivity index is 1.51. The first kappa shape index (κ1) is 17.8. The summed E-state index contributed by atoms with van der Waals surface area (Å²) < 4.78 is 11.0. The topological polar surface area (TPSA) is 42.0 Å². The normalized spacial score (nSPS) is 17.7. The fourth-order valence-electron chi connectivity index (χ4n) is 3.46. The molecule has 1 amide bonds. The SMILES string of the molecule is C=C(C)OC(=O)N1CCc2cc(OCCN3CCCCC3)ccc2C1. The molecule has 1 aromatic carbocycles. The van der Waals surface area contributed by atoms with Crippen molar-refractivity contribution in [3.63, 3.8) is 0 Å². The minimum atomic E-state index is -0.319. The number of ether oxygens (including phenoxy) is 2. The first-order valence-electron chi connectivity index (χ1n) is 9.21. The smallest absolute Gasteiger partial charge is 0.415 e. The average molecular weight is 344 g/mol. The molecule has 0 aliphatic carbocycles. The molecule has 5 nitrogen and oxygen atoms in total. The largest absolute Gasteiger partial charge is 0.492 e. The van der Waals surface area contributed by atoms with Gasteiger partial charge in [0.2, 0.25) is 0 Å². The fourth-order valence-corrected chi connectivity index (χ4v) is 3.46. The van der Waals surface area contributed by atoms with Crippen molar-refractivity contribution in [1.29, 1.82) is 0 Å². The number of carbonyl (C=O) groups excluding carboxylic acids is 1. The summed E-state index contributed by atoms with van der Waals surface area (Å²) >= 11 is 0. The molecule has 5 heteroatoms. The van der Waals surface area contributed by atoms with E-state index in [9.17, 15) is 4.79 Å². The van der Waals surface area contributed by atoms with Crippen LogP contribution in [0.4, 0.5) is 4.79 Å². The molecule has 0 bridgehead atoms. The molecule has 1 aromatic rings. The highest BCUT2D eigenvalue weighted by molar-refractivity contribution is 5.69. The van der Waals surface area contributed by atoms with Gasteiger partial charge in [-0.25, -0.2) is 4.79 Å². The average Bonchev–Trinajstić information content (AvgIpc) is 2.61. The van der Waals surface area contributed by atoms with Crippen molar-refractivity contribution in [3.05, 3.63) is 41.7 Å². The minimum absolute atomic E-state index is 0.319. The number of piperidine rings is 1. The molecule has 0 unspecified atom stereocenters. The number of amides is 1. The molecule has 2 aliphatic heterocycles. The van der Waals surface area contributed by atoms with E-state index in [1.54, 1.807) is 11.8 Å². The van der Waals surface area contributed by atoms with Gasteiger partial charge in [0.15, 0.2) is 0 Å². The van der Waals surface area contributed by atoms with Crippen molar-refractivity contribution in [3.8, 4) is 5.75 Å². The zero-order chi connectivity index (χ0) is 17.6. The summed E-state index contributed by atoms with van der Waals surface area (Å²) in [5.41, 5.74) is 2.42. The molecule has 0 radical (unpaired) electrons. The molecule has 0 spiro atoms. The molecule has 0 saturated carbocycles. The lowest BCUT2D eigenvalue weighted by Crippen LogP contribution is -2.36. The maximum atomic E-state index is 12.0. The molecular weight excluding hydrogens is 316 g/mol. The Labute approximate surface area is 150 Å². The highest BCUT2D eigenvalue weighted by atomic mass is 16.6. The van der Waals surface area contributed by atoms with Crippen molar-refractivity contribution in [2.45, 2.75) is 39.2 Å². The number of nitrogens with zero attached hydrogens (tertiary/aromatic N) is 2. The Morgan fingerprint density at radius 2 is 1.96 bits per heavy atom. The van der Waals surface area contributed by atoms with Crippen LogP contribution in [0, 0.1) is 0 Å². The lowest BCUT2D eigenvalue weighted by atomic mass is 10.00. The highest BCUT2D eigenvalue weighted by Crippen LogP contribution is 2.24. The molecule has 25 heavy (non-hydrogen) atoms. The van der Waals surface area contributed by atoms with Crippen LogP contribution in [0.25, 0.3) is 0 Å². The summed E-state index contributed by atoms with van der Waals surface area (Å²) in [7, 11) is 0. The van der Waals surface area contributed by atoms with E-state index < -0.39 is 0 Å². The van der Waals surface area contributed by atoms with Gasteiger partial charge < -0.3 is 14.4 Å². The summed E-state index contributed by atoms with van der Waals surface area (Å²) in [5.74, 6) is 1.35. The number of hydrogen-bond donors (Lipinski definition) is 0. The van der Waals surface area contributed by atoms with Gasteiger partial charge in [0.05, 0.1) is 5.76 Å². The minimum Gasteiger partial charge on any atom is -0.492 e. The Morgan fingerprint density at radius 1 is 1.16 bits per heavy atom. The van der Waals surface area contributed by atoms with E-state index in [0.29, 0.717) is 18.8 Å². The Morgan fingerprint density at radius 3 is 2.72 bits per heavy atom. The molecule has 1 fully saturated rings. The summed E-state index contributed by atoms with van der Waals surface area (Å²) in [5, 5.41) is 0. The van der Waals surface area contributed by atoms with Gasteiger partial charge in [0.25, 0.3) is 0 Å². The van der Waals surface area contributed by atoms with E-state index >= 15 is 0 Å². The van der Waals surface area contributed by atoms with Gasteiger partial charge in [-0.15, -0.1) is 0 Å². The first-order valence-corrected chi connectivity index (χ1v) is 9.21. The fraction of sp³-hybridized carbons (Fsp3) is 0.550. The summed E-state index contributed by atoms with van der Waals surface area (Å²) in [6.07, 6.45) is 4.48. The van der Waals surface area contributed by atoms with Gasteiger partial charge in [-0.3, -0.25) is 4.90 Å². The van der Waals surface area contributed by atoms with E-state index in [1.165, 1.54) is 37.9 Å². The van der Waals surface area contributed by atoms with Crippen molar-refractivity contribution in [1.82, 2.24) is 9.80 Å². The molecule has 1 saturated heterocycles. The van der Waals surface area contributed by atoms with Crippen molar-refractivity contribution in [2.75, 3.05) is 32.8 Å². The lowest BCUT2D eigenvalue weighted by Gasteiger charge is -2.28. The van der Waals surface area contributed by atoms with Gasteiger partial charge in [0.1, 0.15) is 12.4 Å². The predicted molar refractivity (Wildman–Crippen MR) is 97.6 cm³/mol. The third-order valence-corrected chi connectivity index (χ3v) is 4.83. The van der Waals surface area contributed by atoms with Crippen molar-refractivity contribution >= 4 is 6.09 Å². The zero-order valence-electron chi connectivity index (χ0n) is 15.1. The molecule has 2 aliphatic rings. The Hall–Kier alpha value is -2.01.